The van der Waals surface area contributed by atoms with E-state index in [-0.39, 0.29) is 24.3 Å². The molecule has 1 saturated heterocycles. The molecular formula is C27H36ClN5O2. The summed E-state index contributed by atoms with van der Waals surface area (Å²) in [5.41, 5.74) is 7.72. The first-order valence-electron chi connectivity index (χ1n) is 12.9. The van der Waals surface area contributed by atoms with E-state index in [2.05, 4.69) is 28.0 Å². The van der Waals surface area contributed by atoms with Crippen molar-refractivity contribution in [2.45, 2.75) is 64.0 Å². The number of rotatable bonds is 6. The van der Waals surface area contributed by atoms with Crippen LogP contribution in [0.5, 0.6) is 0 Å². The number of carboxylic acids is 1. The van der Waals surface area contributed by atoms with E-state index < -0.39 is 16.9 Å². The van der Waals surface area contributed by atoms with Crippen LogP contribution in [0.3, 0.4) is 0 Å². The molecular weight excluding hydrogens is 462 g/mol. The number of hydrogen-bond acceptors (Lipinski definition) is 5. The van der Waals surface area contributed by atoms with Gasteiger partial charge in [0.15, 0.2) is 0 Å². The summed E-state index contributed by atoms with van der Waals surface area (Å²) in [7, 11) is 0. The zero-order valence-corrected chi connectivity index (χ0v) is 21.5. The average Bonchev–Trinajstić information content (AvgIpc) is 2.81. The first kappa shape index (κ1) is 24.4. The van der Waals surface area contributed by atoms with Crippen LogP contribution in [0.4, 0.5) is 5.69 Å². The third-order valence-corrected chi connectivity index (χ3v) is 9.66. The van der Waals surface area contributed by atoms with Gasteiger partial charge in [-0.15, -0.1) is 0 Å². The number of aliphatic imine (C=N–C) groups is 1. The maximum atomic E-state index is 12.1. The van der Waals surface area contributed by atoms with E-state index in [9.17, 15) is 15.2 Å². The van der Waals surface area contributed by atoms with Crippen molar-refractivity contribution in [2.24, 2.45) is 33.9 Å². The summed E-state index contributed by atoms with van der Waals surface area (Å²) in [6, 6.07) is 8.58. The number of carbonyl (C=O) groups is 1. The Morgan fingerprint density at radius 2 is 1.91 bits per heavy atom. The van der Waals surface area contributed by atoms with Crippen molar-refractivity contribution in [1.82, 2.24) is 4.90 Å². The van der Waals surface area contributed by atoms with Gasteiger partial charge in [0.25, 0.3) is 0 Å². The molecule has 0 radical (unpaired) electrons. The van der Waals surface area contributed by atoms with Gasteiger partial charge in [-0.3, -0.25) is 14.7 Å². The van der Waals surface area contributed by atoms with Crippen molar-refractivity contribution in [2.75, 3.05) is 31.1 Å². The summed E-state index contributed by atoms with van der Waals surface area (Å²) in [5, 5.41) is 20.4. The van der Waals surface area contributed by atoms with Gasteiger partial charge in [0, 0.05) is 26.2 Å². The first-order valence-corrected chi connectivity index (χ1v) is 13.2. The van der Waals surface area contributed by atoms with Crippen LogP contribution in [0, 0.1) is 41.4 Å². The van der Waals surface area contributed by atoms with Gasteiger partial charge < -0.3 is 15.7 Å². The molecule has 1 heterocycles. The molecule has 4 saturated carbocycles. The normalized spacial score (nSPS) is 34.5. The lowest BCUT2D eigenvalue weighted by molar-refractivity contribution is -0.166. The second-order valence-electron chi connectivity index (χ2n) is 11.6. The molecule has 0 aromatic heterocycles. The molecule has 188 valence electrons. The van der Waals surface area contributed by atoms with E-state index in [1.807, 2.05) is 19.9 Å². The van der Waals surface area contributed by atoms with E-state index in [0.717, 1.165) is 61.7 Å². The third-order valence-electron chi connectivity index (χ3n) is 9.36. The molecule has 7 nitrogen and oxygen atoms in total. The minimum absolute atomic E-state index is 0.0738. The number of nitriles is 1. The van der Waals surface area contributed by atoms with E-state index in [0.29, 0.717) is 24.6 Å². The van der Waals surface area contributed by atoms with Crippen molar-refractivity contribution >= 4 is 29.1 Å². The number of hydrogen-bond donors (Lipinski definition) is 2. The Morgan fingerprint density at radius 1 is 1.26 bits per heavy atom. The molecule has 35 heavy (non-hydrogen) atoms. The van der Waals surface area contributed by atoms with Crippen molar-refractivity contribution in [1.29, 1.82) is 5.26 Å². The predicted molar refractivity (Wildman–Crippen MR) is 138 cm³/mol. The molecule has 5 fully saturated rings. The molecule has 3 N–H and O–H groups in total. The molecule has 8 heteroatoms. The van der Waals surface area contributed by atoms with Crippen LogP contribution in [0.15, 0.2) is 23.2 Å². The first-order chi connectivity index (χ1) is 16.6. The van der Waals surface area contributed by atoms with Crippen LogP contribution in [-0.4, -0.2) is 59.6 Å². The Kier molecular flexibility index (Phi) is 6.26. The van der Waals surface area contributed by atoms with E-state index >= 15 is 0 Å². The van der Waals surface area contributed by atoms with Crippen molar-refractivity contribution in [3.63, 3.8) is 0 Å². The summed E-state index contributed by atoms with van der Waals surface area (Å²) >= 11 is 6.51. The minimum Gasteiger partial charge on any atom is -0.481 e. The van der Waals surface area contributed by atoms with Crippen LogP contribution in [-0.2, 0) is 4.79 Å². The van der Waals surface area contributed by atoms with E-state index in [1.165, 1.54) is 0 Å². The van der Waals surface area contributed by atoms with Crippen LogP contribution >= 0.6 is 11.6 Å². The summed E-state index contributed by atoms with van der Waals surface area (Å²) in [4.78, 5) is 21.8. The van der Waals surface area contributed by atoms with Crippen molar-refractivity contribution < 1.29 is 9.90 Å². The highest BCUT2D eigenvalue weighted by Crippen LogP contribution is 2.61. The zero-order valence-electron chi connectivity index (χ0n) is 20.7. The molecule has 4 bridgehead atoms. The topological polar surface area (TPSA) is 106 Å². The Morgan fingerprint density at radius 3 is 2.49 bits per heavy atom. The Hall–Kier alpha value is -2.30. The number of carboxylic acid groups (broad SMARTS) is 1. The highest BCUT2D eigenvalue weighted by atomic mass is 35.5. The number of benzene rings is 1. The van der Waals surface area contributed by atoms with E-state index in [1.54, 1.807) is 0 Å². The standard InChI is InChI=1S/C27H36ClN5O2/c1-17-3-4-22(21(28)11-17)32-7-9-33(10-8-32)26(2,5-6-29)24(30)31-23-19-12-18-13-20(23)16-27(14-18,15-19)25(34)35/h3-4,11,18-20,23H,5,7-10,12-16H2,1-2H3,(H2,30,31)(H,34,35). The lowest BCUT2D eigenvalue weighted by Gasteiger charge is -2.57. The fourth-order valence-corrected chi connectivity index (χ4v) is 7.95. The molecule has 1 aromatic carbocycles. The summed E-state index contributed by atoms with van der Waals surface area (Å²) in [5.74, 6) is 0.963. The van der Waals surface area contributed by atoms with Crippen LogP contribution in [0.25, 0.3) is 0 Å². The maximum Gasteiger partial charge on any atom is 0.309 e. The van der Waals surface area contributed by atoms with Crippen LogP contribution < -0.4 is 10.6 Å². The van der Waals surface area contributed by atoms with E-state index in [4.69, 9.17) is 22.3 Å². The smallest absolute Gasteiger partial charge is 0.309 e. The Balaban J connectivity index is 1.33. The number of aliphatic carboxylic acids is 1. The molecule has 4 aliphatic carbocycles. The van der Waals surface area contributed by atoms with Gasteiger partial charge in [0.1, 0.15) is 5.84 Å². The molecule has 1 aliphatic heterocycles. The number of nitrogens with two attached hydrogens (primary N) is 1. The lowest BCUT2D eigenvalue weighted by atomic mass is 9.48. The largest absolute Gasteiger partial charge is 0.481 e. The summed E-state index contributed by atoms with van der Waals surface area (Å²) < 4.78 is 0. The van der Waals surface area contributed by atoms with Gasteiger partial charge in [-0.1, -0.05) is 17.7 Å². The Labute approximate surface area is 212 Å². The van der Waals surface area contributed by atoms with Crippen molar-refractivity contribution in [3.05, 3.63) is 28.8 Å². The number of halogens is 1. The summed E-state index contributed by atoms with van der Waals surface area (Å²) in [6.45, 7) is 7.20. The number of anilines is 1. The Bertz CT molecular complexity index is 1060. The quantitative estimate of drug-likeness (QED) is 0.453. The third kappa shape index (κ3) is 4.19. The molecule has 3 unspecified atom stereocenters. The number of amidine groups is 1. The molecule has 3 atom stereocenters. The molecule has 5 aliphatic rings. The highest BCUT2D eigenvalue weighted by Gasteiger charge is 2.59. The monoisotopic (exact) mass is 497 g/mol. The van der Waals surface area contributed by atoms with Gasteiger partial charge in [0.2, 0.25) is 0 Å². The van der Waals surface area contributed by atoms with Gasteiger partial charge in [-0.2, -0.15) is 5.26 Å². The fourth-order valence-electron chi connectivity index (χ4n) is 7.60. The van der Waals surface area contributed by atoms with Crippen molar-refractivity contribution in [3.8, 4) is 6.07 Å². The lowest BCUT2D eigenvalue weighted by Crippen LogP contribution is -2.62. The predicted octanol–water partition coefficient (Wildman–Crippen LogP) is 4.08. The maximum absolute atomic E-state index is 12.1. The summed E-state index contributed by atoms with van der Waals surface area (Å²) in [6.07, 6.45) is 4.62. The zero-order chi connectivity index (χ0) is 25.0. The second kappa shape index (κ2) is 8.97. The van der Waals surface area contributed by atoms with Gasteiger partial charge in [-0.05, 0) is 81.4 Å². The molecule has 6 rings (SSSR count). The van der Waals surface area contributed by atoms with Crippen LogP contribution in [0.1, 0.15) is 51.0 Å². The number of piperazine rings is 1. The molecule has 0 amide bonds. The second-order valence-corrected chi connectivity index (χ2v) is 12.0. The average molecular weight is 498 g/mol. The fraction of sp³-hybridized carbons (Fsp3) is 0.667. The SMILES string of the molecule is Cc1ccc(N2CCN(C(C)(CC#N)C(N)=NC3C4CC5CC3CC(C(=O)O)(C5)C4)CC2)c(Cl)c1. The van der Waals surface area contributed by atoms with Gasteiger partial charge >= 0.3 is 5.97 Å². The molecule has 0 spiro atoms. The number of nitrogens with zero attached hydrogens (tertiary/aromatic N) is 4. The number of aryl methyl sites for hydroxylation is 1. The van der Waals surface area contributed by atoms with Gasteiger partial charge in [0.05, 0.1) is 40.2 Å². The van der Waals surface area contributed by atoms with Crippen LogP contribution in [0.2, 0.25) is 5.02 Å². The van der Waals surface area contributed by atoms with Gasteiger partial charge in [-0.25, -0.2) is 0 Å². The highest BCUT2D eigenvalue weighted by molar-refractivity contribution is 6.33. The molecule has 1 aromatic rings. The minimum atomic E-state index is -0.642.